The molecule has 30 heavy (non-hydrogen) atoms. The Bertz CT molecular complexity index is 1130. The van der Waals surface area contributed by atoms with Crippen molar-refractivity contribution < 1.29 is 18.0 Å². The van der Waals surface area contributed by atoms with Gasteiger partial charge in [-0.2, -0.15) is 5.26 Å². The number of amidine groups is 1. The molecule has 4 rings (SSSR count). The molecule has 1 fully saturated rings. The molecule has 10 heteroatoms. The van der Waals surface area contributed by atoms with Crippen LogP contribution in [0.4, 0.5) is 18.9 Å². The number of halogens is 3. The van der Waals surface area contributed by atoms with Gasteiger partial charge in [0.2, 0.25) is 0 Å². The molecule has 1 aromatic carbocycles. The molecule has 2 aliphatic rings. The van der Waals surface area contributed by atoms with E-state index in [-0.39, 0.29) is 27.9 Å². The Labute approximate surface area is 174 Å². The lowest BCUT2D eigenvalue weighted by atomic mass is 9.59. The number of nitrogens with two attached hydrogens (primary N) is 1. The molecule has 1 amide bonds. The Morgan fingerprint density at radius 1 is 1.40 bits per heavy atom. The van der Waals surface area contributed by atoms with Gasteiger partial charge in [-0.05, 0) is 42.3 Å². The molecule has 0 spiro atoms. The van der Waals surface area contributed by atoms with Gasteiger partial charge in [0.25, 0.3) is 11.8 Å². The van der Waals surface area contributed by atoms with Crippen LogP contribution in [0.15, 0.2) is 35.5 Å². The number of benzene rings is 1. The predicted molar refractivity (Wildman–Crippen MR) is 107 cm³/mol. The molecule has 1 aliphatic heterocycles. The Kier molecular flexibility index (Phi) is 4.73. The molecule has 1 saturated carbocycles. The topological polar surface area (TPSA) is 104 Å². The van der Waals surface area contributed by atoms with Gasteiger partial charge < -0.3 is 11.1 Å². The van der Waals surface area contributed by atoms with Crippen LogP contribution in [0, 0.1) is 24.1 Å². The number of nitrogens with one attached hydrogen (secondary N) is 1. The molecule has 0 saturated heterocycles. The van der Waals surface area contributed by atoms with Crippen molar-refractivity contribution in [3.05, 3.63) is 58.7 Å². The fourth-order valence-corrected chi connectivity index (χ4v) is 4.97. The molecule has 0 bridgehead atoms. The largest absolute Gasteiger partial charge is 0.379 e. The number of aryl methyl sites for hydroxylation is 1. The normalized spacial score (nSPS) is 24.1. The van der Waals surface area contributed by atoms with Crippen molar-refractivity contribution in [2.24, 2.45) is 10.7 Å². The van der Waals surface area contributed by atoms with Crippen molar-refractivity contribution in [3.8, 4) is 6.07 Å². The van der Waals surface area contributed by atoms with Gasteiger partial charge in [-0.3, -0.25) is 9.79 Å². The minimum absolute atomic E-state index is 0.0576. The van der Waals surface area contributed by atoms with Crippen molar-refractivity contribution in [1.29, 1.82) is 5.26 Å². The number of hydrogen-bond acceptors (Lipinski definition) is 6. The molecule has 1 aromatic heterocycles. The average Bonchev–Trinajstić information content (AvgIpc) is 2.70. The first kappa shape index (κ1) is 20.2. The third-order valence-corrected chi connectivity index (χ3v) is 6.45. The van der Waals surface area contributed by atoms with E-state index >= 15 is 0 Å². The molecular weight excluding hydrogens is 415 g/mol. The van der Waals surface area contributed by atoms with Gasteiger partial charge in [-0.15, -0.1) is 0 Å². The molecule has 2 aromatic rings. The molecule has 3 N–H and O–H groups in total. The maximum absolute atomic E-state index is 14.7. The van der Waals surface area contributed by atoms with Crippen LogP contribution in [0.3, 0.4) is 0 Å². The van der Waals surface area contributed by atoms with Crippen molar-refractivity contribution in [2.75, 3.05) is 11.1 Å². The highest BCUT2D eigenvalue weighted by molar-refractivity contribution is 8.13. The molecule has 2 atom stereocenters. The zero-order valence-electron chi connectivity index (χ0n) is 15.7. The average molecular weight is 431 g/mol. The van der Waals surface area contributed by atoms with Crippen LogP contribution in [0.5, 0.6) is 0 Å². The first-order chi connectivity index (χ1) is 14.2. The molecular formula is C20H16F3N5OS. The summed E-state index contributed by atoms with van der Waals surface area (Å²) in [5, 5.41) is 11.6. The second-order valence-electron chi connectivity index (χ2n) is 7.40. The summed E-state index contributed by atoms with van der Waals surface area (Å²) >= 11 is 1.11. The Morgan fingerprint density at radius 2 is 2.17 bits per heavy atom. The van der Waals surface area contributed by atoms with Crippen LogP contribution in [0.25, 0.3) is 0 Å². The van der Waals surface area contributed by atoms with Crippen molar-refractivity contribution in [3.63, 3.8) is 0 Å². The maximum atomic E-state index is 14.7. The third-order valence-electron chi connectivity index (χ3n) is 5.39. The van der Waals surface area contributed by atoms with E-state index in [1.807, 2.05) is 6.07 Å². The quantitative estimate of drug-likeness (QED) is 0.776. The zero-order chi connectivity index (χ0) is 21.7. The number of carbonyl (C=O) groups excluding carboxylic acids is 1. The van der Waals surface area contributed by atoms with E-state index in [2.05, 4.69) is 15.3 Å². The van der Waals surface area contributed by atoms with Crippen LogP contribution in [0.2, 0.25) is 0 Å². The molecule has 6 nitrogen and oxygen atoms in total. The number of amides is 1. The van der Waals surface area contributed by atoms with E-state index in [1.165, 1.54) is 24.4 Å². The lowest BCUT2D eigenvalue weighted by Gasteiger charge is -2.54. The monoisotopic (exact) mass is 431 g/mol. The summed E-state index contributed by atoms with van der Waals surface area (Å²) in [6, 6.07) is 5.89. The number of nitriles is 1. The van der Waals surface area contributed by atoms with E-state index in [0.29, 0.717) is 11.1 Å². The minimum atomic E-state index is -3.07. The van der Waals surface area contributed by atoms with Crippen LogP contribution in [-0.2, 0) is 5.41 Å². The van der Waals surface area contributed by atoms with E-state index in [0.717, 1.165) is 17.8 Å². The first-order valence-corrected chi connectivity index (χ1v) is 9.97. The van der Waals surface area contributed by atoms with E-state index < -0.39 is 35.5 Å². The Morgan fingerprint density at radius 3 is 2.83 bits per heavy atom. The zero-order valence-corrected chi connectivity index (χ0v) is 16.6. The number of anilines is 1. The summed E-state index contributed by atoms with van der Waals surface area (Å²) in [6.07, 6.45) is 0.735. The first-order valence-electron chi connectivity index (χ1n) is 8.98. The van der Waals surface area contributed by atoms with E-state index in [4.69, 9.17) is 11.0 Å². The van der Waals surface area contributed by atoms with Gasteiger partial charge in [0.1, 0.15) is 23.6 Å². The number of rotatable bonds is 3. The number of hydrogen-bond donors (Lipinski definition) is 2. The van der Waals surface area contributed by atoms with Gasteiger partial charge in [-0.25, -0.2) is 18.2 Å². The molecule has 0 radical (unpaired) electrons. The molecule has 154 valence electrons. The van der Waals surface area contributed by atoms with Crippen LogP contribution >= 0.6 is 11.8 Å². The highest BCUT2D eigenvalue weighted by Gasteiger charge is 2.68. The maximum Gasteiger partial charge on any atom is 0.274 e. The summed E-state index contributed by atoms with van der Waals surface area (Å²) in [5.74, 6) is -4.09. The summed E-state index contributed by atoms with van der Waals surface area (Å²) in [7, 11) is 0. The standard InChI is InChI=1S/C20H16F3N5OS/c1-10-4-11(6-24)7-26-15(10)16(29)27-12-2-3-14(21)13(5-12)19-8-20(22,23)17(19)28-18(25)30-9-19/h2-5,7,17H,8-9H2,1H3,(H2,25,28)(H,27,29). The number of aliphatic imine (C=N–C) groups is 1. The smallest absolute Gasteiger partial charge is 0.274 e. The van der Waals surface area contributed by atoms with Gasteiger partial charge in [-0.1, -0.05) is 11.8 Å². The van der Waals surface area contributed by atoms with Crippen LogP contribution < -0.4 is 11.1 Å². The highest BCUT2D eigenvalue weighted by Crippen LogP contribution is 2.59. The minimum Gasteiger partial charge on any atom is -0.379 e. The third kappa shape index (κ3) is 3.19. The van der Waals surface area contributed by atoms with Crippen LogP contribution in [-0.4, -0.2) is 33.8 Å². The second-order valence-corrected chi connectivity index (χ2v) is 8.40. The fraction of sp³-hybridized carbons (Fsp3) is 0.300. The Hall–Kier alpha value is -3.06. The highest BCUT2D eigenvalue weighted by atomic mass is 32.2. The van der Waals surface area contributed by atoms with Crippen molar-refractivity contribution in [2.45, 2.75) is 30.7 Å². The summed E-state index contributed by atoms with van der Waals surface area (Å²) < 4.78 is 43.0. The number of thioether (sulfide) groups is 1. The lowest BCUT2D eigenvalue weighted by molar-refractivity contribution is -0.141. The number of aromatic nitrogens is 1. The lowest BCUT2D eigenvalue weighted by Crippen LogP contribution is -2.66. The number of alkyl halides is 2. The number of nitrogens with zero attached hydrogens (tertiary/aromatic N) is 3. The molecule has 2 unspecified atom stereocenters. The van der Waals surface area contributed by atoms with Crippen molar-refractivity contribution in [1.82, 2.24) is 4.98 Å². The van der Waals surface area contributed by atoms with E-state index in [1.54, 1.807) is 6.92 Å². The number of carbonyl (C=O) groups is 1. The van der Waals surface area contributed by atoms with Crippen LogP contribution in [0.1, 0.15) is 33.6 Å². The summed E-state index contributed by atoms with van der Waals surface area (Å²) in [6.45, 7) is 1.64. The SMILES string of the molecule is Cc1cc(C#N)cnc1C(=O)Nc1ccc(F)c(C23CSC(N)=NC2C(F)(F)C3)c1. The summed E-state index contributed by atoms with van der Waals surface area (Å²) in [4.78, 5) is 20.5. The Balaban J connectivity index is 1.65. The number of fused-ring (bicyclic) bond motifs is 1. The second kappa shape index (κ2) is 7.02. The van der Waals surface area contributed by atoms with Gasteiger partial charge >= 0.3 is 0 Å². The van der Waals surface area contributed by atoms with Crippen molar-refractivity contribution >= 4 is 28.5 Å². The van der Waals surface area contributed by atoms with Gasteiger partial charge in [0, 0.05) is 29.5 Å². The van der Waals surface area contributed by atoms with Gasteiger partial charge in [0.05, 0.1) is 5.56 Å². The molecule has 2 heterocycles. The molecule has 1 aliphatic carbocycles. The van der Waals surface area contributed by atoms with E-state index in [9.17, 15) is 18.0 Å². The summed E-state index contributed by atoms with van der Waals surface area (Å²) in [5.41, 5.74) is 5.67. The fourth-order valence-electron chi connectivity index (χ4n) is 3.97. The predicted octanol–water partition coefficient (Wildman–Crippen LogP) is 3.36. The number of pyridine rings is 1. The van der Waals surface area contributed by atoms with Gasteiger partial charge in [0.15, 0.2) is 5.17 Å².